The van der Waals surface area contributed by atoms with Crippen LogP contribution in [0.15, 0.2) is 42.7 Å². The Labute approximate surface area is 141 Å². The van der Waals surface area contributed by atoms with Crippen LogP contribution >= 0.6 is 0 Å². The van der Waals surface area contributed by atoms with Crippen molar-refractivity contribution >= 4 is 17.8 Å². The van der Waals surface area contributed by atoms with Gasteiger partial charge >= 0.3 is 5.97 Å². The van der Waals surface area contributed by atoms with Crippen molar-refractivity contribution in [2.75, 3.05) is 4.90 Å². The summed E-state index contributed by atoms with van der Waals surface area (Å²) in [5.41, 5.74) is 0.864. The molecule has 0 spiro atoms. The Morgan fingerprint density at radius 1 is 1.25 bits per heavy atom. The molecule has 6 heteroatoms. The average Bonchev–Trinajstić information content (AvgIpc) is 3.09. The summed E-state index contributed by atoms with van der Waals surface area (Å²) in [6.45, 7) is 2.06. The number of aromatic nitrogens is 2. The van der Waals surface area contributed by atoms with E-state index < -0.39 is 12.0 Å². The number of carboxylic acids is 1. The number of nitrogens with one attached hydrogen (secondary N) is 1. The molecule has 1 aromatic heterocycles. The van der Waals surface area contributed by atoms with Gasteiger partial charge in [0.05, 0.1) is 0 Å². The van der Waals surface area contributed by atoms with Crippen molar-refractivity contribution < 1.29 is 14.7 Å². The van der Waals surface area contributed by atoms with E-state index >= 15 is 0 Å². The lowest BCUT2D eigenvalue weighted by Gasteiger charge is -2.27. The van der Waals surface area contributed by atoms with Crippen molar-refractivity contribution in [3.63, 3.8) is 0 Å². The first-order chi connectivity index (χ1) is 11.6. The molecule has 0 unspecified atom stereocenters. The van der Waals surface area contributed by atoms with Crippen molar-refractivity contribution in [3.05, 3.63) is 48.3 Å². The molecular weight excluding hydrogens is 306 g/mol. The van der Waals surface area contributed by atoms with Crippen LogP contribution in [0.2, 0.25) is 0 Å². The number of aliphatic carboxylic acids is 1. The summed E-state index contributed by atoms with van der Waals surface area (Å²) >= 11 is 0. The zero-order valence-corrected chi connectivity index (χ0v) is 13.8. The number of aromatic amines is 1. The number of anilines is 1. The summed E-state index contributed by atoms with van der Waals surface area (Å²) in [4.78, 5) is 32.7. The van der Waals surface area contributed by atoms with Gasteiger partial charge in [-0.3, -0.25) is 9.69 Å². The van der Waals surface area contributed by atoms with Crippen LogP contribution in [0, 0.1) is 0 Å². The van der Waals surface area contributed by atoms with Crippen LogP contribution in [0.4, 0.5) is 5.95 Å². The fraction of sp³-hybridized carbons (Fsp3) is 0.389. The molecule has 1 atom stereocenters. The Morgan fingerprint density at radius 3 is 2.58 bits per heavy atom. The lowest BCUT2D eigenvalue weighted by molar-refractivity contribution is -0.140. The molecule has 0 fully saturated rings. The summed E-state index contributed by atoms with van der Waals surface area (Å²) in [6, 6.07) is 8.31. The van der Waals surface area contributed by atoms with Crippen LogP contribution in [0.5, 0.6) is 0 Å². The summed E-state index contributed by atoms with van der Waals surface area (Å²) in [5, 5.41) is 9.69. The van der Waals surface area contributed by atoms with E-state index in [1.807, 2.05) is 30.3 Å². The van der Waals surface area contributed by atoms with Gasteiger partial charge in [0, 0.05) is 25.2 Å². The maximum Gasteiger partial charge on any atom is 0.327 e. The van der Waals surface area contributed by atoms with E-state index in [0.717, 1.165) is 24.8 Å². The third-order valence-electron chi connectivity index (χ3n) is 3.84. The number of unbranched alkanes of at least 4 members (excludes halogenated alkanes) is 2. The molecule has 0 aliphatic carbocycles. The minimum Gasteiger partial charge on any atom is -0.480 e. The highest BCUT2D eigenvalue weighted by Gasteiger charge is 2.32. The van der Waals surface area contributed by atoms with E-state index in [0.29, 0.717) is 6.42 Å². The summed E-state index contributed by atoms with van der Waals surface area (Å²) in [5.74, 6) is -0.986. The Morgan fingerprint density at radius 2 is 2.00 bits per heavy atom. The number of H-pyrrole nitrogens is 1. The van der Waals surface area contributed by atoms with Crippen molar-refractivity contribution in [1.29, 1.82) is 0 Å². The number of amides is 1. The van der Waals surface area contributed by atoms with Crippen molar-refractivity contribution in [2.45, 2.75) is 45.1 Å². The third kappa shape index (κ3) is 4.68. The number of carbonyl (C=O) groups is 2. The van der Waals surface area contributed by atoms with Gasteiger partial charge in [0.15, 0.2) is 0 Å². The smallest absolute Gasteiger partial charge is 0.327 e. The first kappa shape index (κ1) is 17.7. The van der Waals surface area contributed by atoms with E-state index in [9.17, 15) is 14.7 Å². The highest BCUT2D eigenvalue weighted by molar-refractivity contribution is 5.97. The number of hydrogen-bond acceptors (Lipinski definition) is 3. The van der Waals surface area contributed by atoms with Crippen LogP contribution in [-0.4, -0.2) is 33.0 Å². The average molecular weight is 329 g/mol. The Bertz CT molecular complexity index is 641. The topological polar surface area (TPSA) is 86.3 Å². The van der Waals surface area contributed by atoms with Crippen LogP contribution < -0.4 is 4.90 Å². The van der Waals surface area contributed by atoms with Gasteiger partial charge in [0.1, 0.15) is 6.04 Å². The summed E-state index contributed by atoms with van der Waals surface area (Å²) in [6.07, 6.45) is 6.33. The van der Waals surface area contributed by atoms with Gasteiger partial charge in [-0.05, 0) is 12.0 Å². The monoisotopic (exact) mass is 329 g/mol. The number of hydrogen-bond donors (Lipinski definition) is 2. The number of nitrogens with zero attached hydrogens (tertiary/aromatic N) is 2. The molecule has 2 aromatic rings. The normalized spacial score (nSPS) is 11.9. The van der Waals surface area contributed by atoms with Gasteiger partial charge in [0.25, 0.3) is 0 Å². The lowest BCUT2D eigenvalue weighted by atomic mass is 10.0. The fourth-order valence-electron chi connectivity index (χ4n) is 2.60. The zero-order chi connectivity index (χ0) is 17.4. The quantitative estimate of drug-likeness (QED) is 0.692. The molecule has 0 radical (unpaired) electrons. The first-order valence-corrected chi connectivity index (χ1v) is 8.21. The minimum atomic E-state index is -1.04. The molecule has 1 amide bonds. The molecule has 1 aromatic carbocycles. The highest BCUT2D eigenvalue weighted by Crippen LogP contribution is 2.18. The largest absolute Gasteiger partial charge is 0.480 e. The Hall–Kier alpha value is -2.63. The van der Waals surface area contributed by atoms with E-state index in [2.05, 4.69) is 16.9 Å². The molecule has 2 rings (SSSR count). The SMILES string of the molecule is CCCCCC(=O)N(c1ncc[nH]1)[C@@H](Cc1ccccc1)C(=O)O. The predicted molar refractivity (Wildman–Crippen MR) is 91.8 cm³/mol. The van der Waals surface area contributed by atoms with Gasteiger partial charge < -0.3 is 10.1 Å². The molecule has 6 nitrogen and oxygen atoms in total. The highest BCUT2D eigenvalue weighted by atomic mass is 16.4. The van der Waals surface area contributed by atoms with Gasteiger partial charge in [-0.1, -0.05) is 50.1 Å². The molecular formula is C18H23N3O3. The number of imidazole rings is 1. The van der Waals surface area contributed by atoms with Gasteiger partial charge in [-0.25, -0.2) is 9.78 Å². The first-order valence-electron chi connectivity index (χ1n) is 8.21. The number of carbonyl (C=O) groups excluding carboxylic acids is 1. The van der Waals surface area contributed by atoms with Crippen molar-refractivity contribution in [3.8, 4) is 0 Å². The maximum atomic E-state index is 12.7. The lowest BCUT2D eigenvalue weighted by Crippen LogP contribution is -2.47. The van der Waals surface area contributed by atoms with Crippen LogP contribution in [-0.2, 0) is 16.0 Å². The molecule has 0 saturated heterocycles. The van der Waals surface area contributed by atoms with Crippen LogP contribution in [0.25, 0.3) is 0 Å². The van der Waals surface area contributed by atoms with E-state index in [1.54, 1.807) is 6.20 Å². The number of rotatable bonds is 9. The molecule has 1 heterocycles. The Balaban J connectivity index is 2.24. The molecule has 0 aliphatic heterocycles. The van der Waals surface area contributed by atoms with Crippen molar-refractivity contribution in [1.82, 2.24) is 9.97 Å². The second-order valence-electron chi connectivity index (χ2n) is 5.68. The summed E-state index contributed by atoms with van der Waals surface area (Å²) in [7, 11) is 0. The van der Waals surface area contributed by atoms with Crippen molar-refractivity contribution in [2.24, 2.45) is 0 Å². The zero-order valence-electron chi connectivity index (χ0n) is 13.8. The van der Waals surface area contributed by atoms with Gasteiger partial charge in [-0.15, -0.1) is 0 Å². The molecule has 2 N–H and O–H groups in total. The molecule has 0 aliphatic rings. The molecule has 128 valence electrons. The standard InChI is InChI=1S/C18H23N3O3/c1-2-3-5-10-16(22)21(18-19-11-12-20-18)15(17(23)24)13-14-8-6-4-7-9-14/h4,6-9,11-12,15H,2-3,5,10,13H2,1H3,(H,19,20)(H,23,24)/t15-/m0/s1. The summed E-state index contributed by atoms with van der Waals surface area (Å²) < 4.78 is 0. The van der Waals surface area contributed by atoms with E-state index in [1.165, 1.54) is 11.1 Å². The number of benzene rings is 1. The van der Waals surface area contributed by atoms with Gasteiger partial charge in [0.2, 0.25) is 11.9 Å². The van der Waals surface area contributed by atoms with E-state index in [-0.39, 0.29) is 18.3 Å². The second kappa shape index (κ2) is 8.86. The predicted octanol–water partition coefficient (Wildman–Crippen LogP) is 3.02. The van der Waals surface area contributed by atoms with Crippen LogP contribution in [0.3, 0.4) is 0 Å². The second-order valence-corrected chi connectivity index (χ2v) is 5.68. The minimum absolute atomic E-state index is 0.221. The Kier molecular flexibility index (Phi) is 6.54. The molecule has 0 saturated carbocycles. The third-order valence-corrected chi connectivity index (χ3v) is 3.84. The van der Waals surface area contributed by atoms with Gasteiger partial charge in [-0.2, -0.15) is 0 Å². The molecule has 0 bridgehead atoms. The molecule has 24 heavy (non-hydrogen) atoms. The maximum absolute atomic E-state index is 12.7. The van der Waals surface area contributed by atoms with Crippen LogP contribution in [0.1, 0.15) is 38.2 Å². The fourth-order valence-corrected chi connectivity index (χ4v) is 2.60. The van der Waals surface area contributed by atoms with E-state index in [4.69, 9.17) is 0 Å². The number of carboxylic acid groups (broad SMARTS) is 1.